The summed E-state index contributed by atoms with van der Waals surface area (Å²) in [6, 6.07) is 5.09. The molecule has 0 aromatic heterocycles. The highest BCUT2D eigenvalue weighted by molar-refractivity contribution is 5.64. The Labute approximate surface area is 152 Å². The quantitative estimate of drug-likeness (QED) is 0.324. The van der Waals surface area contributed by atoms with Crippen LogP contribution in [0.2, 0.25) is 0 Å². The summed E-state index contributed by atoms with van der Waals surface area (Å²) in [6.45, 7) is 2.39. The molecular formula is C18H25NO7. The first-order valence-electron chi connectivity index (χ1n) is 8.87. The maximum absolute atomic E-state index is 11.9. The van der Waals surface area contributed by atoms with E-state index in [1.165, 1.54) is 24.3 Å². The van der Waals surface area contributed by atoms with E-state index in [0.29, 0.717) is 13.0 Å². The number of non-ortho nitro benzene ring substituents is 1. The zero-order valence-corrected chi connectivity index (χ0v) is 14.9. The van der Waals surface area contributed by atoms with Crippen LogP contribution in [0.1, 0.15) is 45.4 Å². The summed E-state index contributed by atoms with van der Waals surface area (Å²) in [5.41, 5.74) is -1.35. The van der Waals surface area contributed by atoms with Gasteiger partial charge in [-0.25, -0.2) is 4.79 Å². The predicted molar refractivity (Wildman–Crippen MR) is 93.1 cm³/mol. The molecule has 0 bridgehead atoms. The average molecular weight is 367 g/mol. The van der Waals surface area contributed by atoms with E-state index in [1.54, 1.807) is 0 Å². The number of hydrogen-bond acceptors (Lipinski definition) is 7. The number of nitrogens with zero attached hydrogens (tertiary/aromatic N) is 1. The van der Waals surface area contributed by atoms with Gasteiger partial charge in [0.2, 0.25) is 0 Å². The van der Waals surface area contributed by atoms with Crippen LogP contribution < -0.4 is 4.74 Å². The predicted octanol–water partition coefficient (Wildman–Crippen LogP) is 3.60. The third-order valence-corrected chi connectivity index (χ3v) is 4.43. The van der Waals surface area contributed by atoms with Crippen LogP contribution in [0.5, 0.6) is 5.75 Å². The summed E-state index contributed by atoms with van der Waals surface area (Å²) in [4.78, 5) is 22.0. The van der Waals surface area contributed by atoms with Crippen molar-refractivity contribution in [2.45, 2.75) is 57.2 Å². The molecule has 0 spiro atoms. The zero-order chi connectivity index (χ0) is 19.0. The van der Waals surface area contributed by atoms with Crippen molar-refractivity contribution in [3.8, 4) is 5.75 Å². The monoisotopic (exact) mass is 367 g/mol. The van der Waals surface area contributed by atoms with E-state index in [1.807, 2.05) is 6.92 Å². The molecule has 1 aromatic rings. The van der Waals surface area contributed by atoms with Crippen molar-refractivity contribution < 1.29 is 29.0 Å². The number of ether oxygens (including phenoxy) is 3. The second-order valence-corrected chi connectivity index (χ2v) is 6.45. The summed E-state index contributed by atoms with van der Waals surface area (Å²) in [5.74, 6) is 0.131. The van der Waals surface area contributed by atoms with Gasteiger partial charge in [-0.15, -0.1) is 0 Å². The maximum atomic E-state index is 11.9. The van der Waals surface area contributed by atoms with Gasteiger partial charge in [-0.3, -0.25) is 10.1 Å². The lowest BCUT2D eigenvalue weighted by Crippen LogP contribution is -2.49. The fraction of sp³-hybridized carbons (Fsp3) is 0.611. The third kappa shape index (κ3) is 5.67. The number of aliphatic hydroxyl groups is 1. The minimum atomic E-state index is -1.25. The molecule has 0 aliphatic carbocycles. The molecule has 2 unspecified atom stereocenters. The van der Waals surface area contributed by atoms with Crippen molar-refractivity contribution in [2.75, 3.05) is 13.2 Å². The molecule has 26 heavy (non-hydrogen) atoms. The molecule has 0 amide bonds. The Morgan fingerprint density at radius 2 is 2.12 bits per heavy atom. The average Bonchev–Trinajstić information content (AvgIpc) is 2.66. The van der Waals surface area contributed by atoms with Crippen molar-refractivity contribution in [2.24, 2.45) is 0 Å². The number of hydrogen-bond donors (Lipinski definition) is 1. The Bertz CT molecular complexity index is 598. The van der Waals surface area contributed by atoms with Crippen LogP contribution in [-0.4, -0.2) is 41.1 Å². The fourth-order valence-electron chi connectivity index (χ4n) is 2.92. The van der Waals surface area contributed by atoms with Gasteiger partial charge < -0.3 is 19.3 Å². The molecule has 1 fully saturated rings. The molecule has 144 valence electrons. The van der Waals surface area contributed by atoms with Crippen LogP contribution in [0.15, 0.2) is 24.3 Å². The first-order valence-corrected chi connectivity index (χ1v) is 8.87. The Kier molecular flexibility index (Phi) is 7.35. The van der Waals surface area contributed by atoms with E-state index in [4.69, 9.17) is 14.2 Å². The summed E-state index contributed by atoms with van der Waals surface area (Å²) in [7, 11) is 0. The minimum absolute atomic E-state index is 0.103. The van der Waals surface area contributed by atoms with Crippen molar-refractivity contribution in [1.29, 1.82) is 0 Å². The number of rotatable bonds is 8. The summed E-state index contributed by atoms with van der Waals surface area (Å²) < 4.78 is 15.8. The molecule has 0 radical (unpaired) electrons. The van der Waals surface area contributed by atoms with Gasteiger partial charge in [0.1, 0.15) is 18.0 Å². The van der Waals surface area contributed by atoms with Gasteiger partial charge in [0.15, 0.2) is 0 Å². The smallest absolute Gasteiger partial charge is 0.431 e. The summed E-state index contributed by atoms with van der Waals surface area (Å²) in [6.07, 6.45) is 3.48. The number of nitro groups is 1. The highest BCUT2D eigenvalue weighted by Crippen LogP contribution is 2.29. The van der Waals surface area contributed by atoms with Gasteiger partial charge in [0.25, 0.3) is 5.69 Å². The fourth-order valence-corrected chi connectivity index (χ4v) is 2.92. The van der Waals surface area contributed by atoms with Crippen LogP contribution in [0.4, 0.5) is 10.5 Å². The van der Waals surface area contributed by atoms with Gasteiger partial charge in [0.05, 0.1) is 11.0 Å². The second kappa shape index (κ2) is 9.49. The molecule has 1 heterocycles. The van der Waals surface area contributed by atoms with Gasteiger partial charge in [0, 0.05) is 18.7 Å². The van der Waals surface area contributed by atoms with E-state index >= 15 is 0 Å². The normalized spacial score (nSPS) is 19.4. The summed E-state index contributed by atoms with van der Waals surface area (Å²) >= 11 is 0. The molecule has 0 saturated carbocycles. The largest absolute Gasteiger partial charge is 0.513 e. The highest BCUT2D eigenvalue weighted by Gasteiger charge is 2.39. The molecular weight excluding hydrogens is 342 g/mol. The molecule has 2 rings (SSSR count). The van der Waals surface area contributed by atoms with Gasteiger partial charge in [-0.1, -0.05) is 19.8 Å². The first-order chi connectivity index (χ1) is 12.4. The van der Waals surface area contributed by atoms with Crippen LogP contribution >= 0.6 is 0 Å². The second-order valence-electron chi connectivity index (χ2n) is 6.45. The Morgan fingerprint density at radius 3 is 2.69 bits per heavy atom. The number of benzene rings is 1. The minimum Gasteiger partial charge on any atom is -0.431 e. The molecule has 8 nitrogen and oxygen atoms in total. The van der Waals surface area contributed by atoms with Crippen LogP contribution in [0.25, 0.3) is 0 Å². The van der Waals surface area contributed by atoms with Crippen molar-refractivity contribution >= 4 is 11.8 Å². The van der Waals surface area contributed by atoms with Crippen LogP contribution in [-0.2, 0) is 9.47 Å². The van der Waals surface area contributed by atoms with Gasteiger partial charge >= 0.3 is 6.16 Å². The highest BCUT2D eigenvalue weighted by atomic mass is 16.7. The maximum Gasteiger partial charge on any atom is 0.513 e. The van der Waals surface area contributed by atoms with Crippen molar-refractivity contribution in [1.82, 2.24) is 0 Å². The molecule has 1 saturated heterocycles. The third-order valence-electron chi connectivity index (χ3n) is 4.43. The molecule has 1 aliphatic heterocycles. The number of nitro benzene ring substituents is 1. The zero-order valence-electron chi connectivity index (χ0n) is 14.9. The Balaban J connectivity index is 1.91. The molecule has 1 aromatic carbocycles. The molecule has 2 atom stereocenters. The number of carbonyl (C=O) groups excluding carboxylic acids is 1. The van der Waals surface area contributed by atoms with E-state index in [-0.39, 0.29) is 24.1 Å². The SMILES string of the molecule is CCCCC(O)(COC(=O)Oc1ccc([N+](=O)[O-])cc1)C1CCCCO1. The molecule has 8 heteroatoms. The van der Waals surface area contributed by atoms with Crippen molar-refractivity contribution in [3.05, 3.63) is 34.4 Å². The number of carbonyl (C=O) groups is 1. The van der Waals surface area contributed by atoms with E-state index in [0.717, 1.165) is 32.1 Å². The molecule has 1 N–H and O–H groups in total. The lowest BCUT2D eigenvalue weighted by atomic mass is 9.87. The van der Waals surface area contributed by atoms with E-state index < -0.39 is 16.7 Å². The lowest BCUT2D eigenvalue weighted by molar-refractivity contribution is -0.384. The topological polar surface area (TPSA) is 108 Å². The first kappa shape index (κ1) is 20.1. The molecule has 1 aliphatic rings. The van der Waals surface area contributed by atoms with Gasteiger partial charge in [-0.2, -0.15) is 0 Å². The Hall–Kier alpha value is -2.19. The van der Waals surface area contributed by atoms with Crippen molar-refractivity contribution in [3.63, 3.8) is 0 Å². The number of unbranched alkanes of at least 4 members (excludes halogenated alkanes) is 1. The standard InChI is InChI=1S/C18H25NO7/c1-2-3-11-18(21,16-6-4-5-12-24-16)13-25-17(20)26-15-9-7-14(8-10-15)19(22)23/h7-10,16,21H,2-6,11-13H2,1H3. The van der Waals surface area contributed by atoms with Crippen LogP contribution in [0, 0.1) is 10.1 Å². The van der Waals surface area contributed by atoms with Gasteiger partial charge in [-0.05, 0) is 37.8 Å². The van der Waals surface area contributed by atoms with E-state index in [2.05, 4.69) is 0 Å². The lowest BCUT2D eigenvalue weighted by Gasteiger charge is -2.37. The van der Waals surface area contributed by atoms with E-state index in [9.17, 15) is 20.0 Å². The Morgan fingerprint density at radius 1 is 1.38 bits per heavy atom. The van der Waals surface area contributed by atoms with Crippen LogP contribution in [0.3, 0.4) is 0 Å². The summed E-state index contributed by atoms with van der Waals surface area (Å²) in [5, 5.41) is 21.6.